The van der Waals surface area contributed by atoms with Gasteiger partial charge in [-0.25, -0.2) is 9.67 Å². The molecule has 1 amide bonds. The molecule has 0 atom stereocenters. The van der Waals surface area contributed by atoms with E-state index in [4.69, 9.17) is 10.5 Å². The molecule has 140 valence electrons. The third-order valence-corrected chi connectivity index (χ3v) is 5.53. The first-order valence-electron chi connectivity index (χ1n) is 8.62. The number of carbonyl (C=O) groups excluding carboxylic acids is 1. The number of thiophene rings is 1. The number of aromatic nitrogens is 3. The summed E-state index contributed by atoms with van der Waals surface area (Å²) >= 11 is 1.60. The van der Waals surface area contributed by atoms with Crippen molar-refractivity contribution >= 4 is 17.2 Å². The van der Waals surface area contributed by atoms with Crippen LogP contribution in [-0.2, 0) is 13.0 Å². The number of ether oxygens (including phenoxy) is 1. The minimum atomic E-state index is -0.886. The monoisotopic (exact) mass is 384 g/mol. The van der Waals surface area contributed by atoms with Crippen molar-refractivity contribution in [1.82, 2.24) is 14.8 Å². The SMILES string of the molecule is CC(C)(O)Cn1ncnc1-c1cc2c(s1)-c1ccc(C(N)=O)cc1OCC2. The predicted molar refractivity (Wildman–Crippen MR) is 103 cm³/mol. The number of amides is 1. The van der Waals surface area contributed by atoms with Gasteiger partial charge in [0.25, 0.3) is 0 Å². The van der Waals surface area contributed by atoms with Crippen LogP contribution in [0.3, 0.4) is 0 Å². The first kappa shape index (κ1) is 17.7. The second-order valence-corrected chi connectivity index (χ2v) is 8.24. The Balaban J connectivity index is 1.77. The molecule has 3 N–H and O–H groups in total. The van der Waals surface area contributed by atoms with Gasteiger partial charge in [-0.15, -0.1) is 11.3 Å². The van der Waals surface area contributed by atoms with E-state index in [1.807, 2.05) is 6.07 Å². The molecule has 0 fully saturated rings. The molecule has 0 saturated heterocycles. The zero-order chi connectivity index (χ0) is 19.2. The fourth-order valence-electron chi connectivity index (χ4n) is 3.14. The van der Waals surface area contributed by atoms with Gasteiger partial charge in [-0.05, 0) is 43.7 Å². The predicted octanol–water partition coefficient (Wildman–Crippen LogP) is 2.48. The van der Waals surface area contributed by atoms with Gasteiger partial charge in [0.05, 0.1) is 23.6 Å². The molecule has 7 nitrogen and oxygen atoms in total. The van der Waals surface area contributed by atoms with Crippen molar-refractivity contribution in [2.24, 2.45) is 5.73 Å². The second kappa shape index (κ2) is 6.47. The Hall–Kier alpha value is -2.71. The third kappa shape index (κ3) is 3.45. The summed E-state index contributed by atoms with van der Waals surface area (Å²) in [6, 6.07) is 7.39. The number of rotatable bonds is 4. The van der Waals surface area contributed by atoms with Crippen LogP contribution in [0.25, 0.3) is 21.1 Å². The van der Waals surface area contributed by atoms with Crippen molar-refractivity contribution in [3.05, 3.63) is 41.7 Å². The topological polar surface area (TPSA) is 103 Å². The molecule has 0 bridgehead atoms. The van der Waals surface area contributed by atoms with E-state index in [2.05, 4.69) is 16.1 Å². The lowest BCUT2D eigenvalue weighted by Crippen LogP contribution is -2.27. The van der Waals surface area contributed by atoms with Crippen LogP contribution in [-0.4, -0.2) is 38.0 Å². The lowest BCUT2D eigenvalue weighted by Gasteiger charge is -2.17. The Morgan fingerprint density at radius 1 is 1.41 bits per heavy atom. The molecule has 2 aromatic heterocycles. The van der Waals surface area contributed by atoms with Crippen LogP contribution in [0.1, 0.15) is 29.8 Å². The molecule has 0 unspecified atom stereocenters. The molecule has 0 spiro atoms. The number of benzene rings is 1. The van der Waals surface area contributed by atoms with Crippen molar-refractivity contribution in [3.63, 3.8) is 0 Å². The van der Waals surface area contributed by atoms with Crippen molar-refractivity contribution in [2.75, 3.05) is 6.61 Å². The summed E-state index contributed by atoms with van der Waals surface area (Å²) < 4.78 is 7.55. The standard InChI is InChI=1S/C19H20N4O3S/c1-19(2,25)9-23-18(21-10-22-23)15-8-11-5-6-26-14-7-12(17(20)24)3-4-13(14)16(11)27-15/h3-4,7-8,10,25H,5-6,9H2,1-2H3,(H2,20,24). The van der Waals surface area contributed by atoms with E-state index in [1.165, 1.54) is 11.9 Å². The average Bonchev–Trinajstić information content (AvgIpc) is 3.16. The van der Waals surface area contributed by atoms with E-state index < -0.39 is 11.5 Å². The fraction of sp³-hybridized carbons (Fsp3) is 0.316. The van der Waals surface area contributed by atoms with Crippen LogP contribution in [0, 0.1) is 0 Å². The maximum atomic E-state index is 11.5. The highest BCUT2D eigenvalue weighted by Gasteiger charge is 2.23. The summed E-state index contributed by atoms with van der Waals surface area (Å²) in [5, 5.41) is 14.4. The summed E-state index contributed by atoms with van der Waals surface area (Å²) in [6.45, 7) is 4.36. The van der Waals surface area contributed by atoms with Gasteiger partial charge >= 0.3 is 0 Å². The van der Waals surface area contributed by atoms with Gasteiger partial charge in [-0.2, -0.15) is 5.10 Å². The van der Waals surface area contributed by atoms with Gasteiger partial charge in [-0.3, -0.25) is 4.79 Å². The average molecular weight is 384 g/mol. The quantitative estimate of drug-likeness (QED) is 0.719. The molecular weight excluding hydrogens is 364 g/mol. The Kier molecular flexibility index (Phi) is 4.24. The van der Waals surface area contributed by atoms with Gasteiger partial charge in [0.2, 0.25) is 5.91 Å². The van der Waals surface area contributed by atoms with E-state index in [1.54, 1.807) is 42.0 Å². The van der Waals surface area contributed by atoms with Crippen molar-refractivity contribution in [2.45, 2.75) is 32.4 Å². The highest BCUT2D eigenvalue weighted by molar-refractivity contribution is 7.19. The molecule has 4 rings (SSSR count). The van der Waals surface area contributed by atoms with Gasteiger partial charge in [-0.1, -0.05) is 0 Å². The summed E-state index contributed by atoms with van der Waals surface area (Å²) in [7, 11) is 0. The summed E-state index contributed by atoms with van der Waals surface area (Å²) in [5.41, 5.74) is 7.04. The molecule has 3 heterocycles. The van der Waals surface area contributed by atoms with E-state index in [-0.39, 0.29) is 0 Å². The molecule has 27 heavy (non-hydrogen) atoms. The summed E-state index contributed by atoms with van der Waals surface area (Å²) in [4.78, 5) is 17.9. The van der Waals surface area contributed by atoms with E-state index in [0.29, 0.717) is 24.5 Å². The Morgan fingerprint density at radius 3 is 2.96 bits per heavy atom. The zero-order valence-electron chi connectivity index (χ0n) is 15.1. The number of aliphatic hydroxyl groups is 1. The van der Waals surface area contributed by atoms with Gasteiger partial charge in [0, 0.05) is 22.4 Å². The number of carbonyl (C=O) groups is 1. The highest BCUT2D eigenvalue weighted by Crippen LogP contribution is 2.43. The molecule has 1 aliphatic heterocycles. The number of nitrogens with zero attached hydrogens (tertiary/aromatic N) is 3. The first-order valence-corrected chi connectivity index (χ1v) is 9.44. The molecule has 3 aromatic rings. The lowest BCUT2D eigenvalue weighted by molar-refractivity contribution is 0.0582. The second-order valence-electron chi connectivity index (χ2n) is 7.19. The number of nitrogens with two attached hydrogens (primary N) is 1. The molecule has 1 aromatic carbocycles. The normalized spacial score (nSPS) is 13.4. The molecule has 8 heteroatoms. The molecule has 0 radical (unpaired) electrons. The number of hydrogen-bond donors (Lipinski definition) is 2. The maximum Gasteiger partial charge on any atom is 0.248 e. The minimum Gasteiger partial charge on any atom is -0.493 e. The van der Waals surface area contributed by atoms with Gasteiger partial charge in [0.1, 0.15) is 12.1 Å². The Morgan fingerprint density at radius 2 is 2.22 bits per heavy atom. The molecular formula is C19H20N4O3S. The van der Waals surface area contributed by atoms with E-state index in [0.717, 1.165) is 27.6 Å². The molecule has 0 saturated carbocycles. The Labute approximate surface area is 160 Å². The van der Waals surface area contributed by atoms with Crippen LogP contribution in [0.2, 0.25) is 0 Å². The third-order valence-electron chi connectivity index (χ3n) is 4.32. The van der Waals surface area contributed by atoms with E-state index in [9.17, 15) is 9.90 Å². The van der Waals surface area contributed by atoms with Crippen LogP contribution < -0.4 is 10.5 Å². The highest BCUT2D eigenvalue weighted by atomic mass is 32.1. The fourth-order valence-corrected chi connectivity index (χ4v) is 4.38. The number of primary amides is 1. The largest absolute Gasteiger partial charge is 0.493 e. The van der Waals surface area contributed by atoms with Crippen LogP contribution >= 0.6 is 11.3 Å². The number of hydrogen-bond acceptors (Lipinski definition) is 6. The van der Waals surface area contributed by atoms with Crippen LogP contribution in [0.15, 0.2) is 30.6 Å². The van der Waals surface area contributed by atoms with Gasteiger partial charge < -0.3 is 15.6 Å². The maximum absolute atomic E-state index is 11.5. The number of fused-ring (bicyclic) bond motifs is 3. The molecule has 1 aliphatic rings. The minimum absolute atomic E-state index is 0.354. The summed E-state index contributed by atoms with van der Waals surface area (Å²) in [6.07, 6.45) is 2.26. The summed E-state index contributed by atoms with van der Waals surface area (Å²) in [5.74, 6) is 0.917. The molecule has 0 aliphatic carbocycles. The van der Waals surface area contributed by atoms with Crippen molar-refractivity contribution < 1.29 is 14.6 Å². The lowest BCUT2D eigenvalue weighted by atomic mass is 10.1. The van der Waals surface area contributed by atoms with Crippen LogP contribution in [0.4, 0.5) is 0 Å². The zero-order valence-corrected chi connectivity index (χ0v) is 15.9. The smallest absolute Gasteiger partial charge is 0.248 e. The van der Waals surface area contributed by atoms with Crippen molar-refractivity contribution in [1.29, 1.82) is 0 Å². The Bertz CT molecular complexity index is 1020. The van der Waals surface area contributed by atoms with E-state index >= 15 is 0 Å². The van der Waals surface area contributed by atoms with Crippen LogP contribution in [0.5, 0.6) is 5.75 Å². The van der Waals surface area contributed by atoms with Crippen molar-refractivity contribution in [3.8, 4) is 26.9 Å². The first-order chi connectivity index (χ1) is 12.8. The van der Waals surface area contributed by atoms with Gasteiger partial charge in [0.15, 0.2) is 5.82 Å².